The third-order valence-corrected chi connectivity index (χ3v) is 4.27. The first-order valence-electron chi connectivity index (χ1n) is 8.38. The lowest BCUT2D eigenvalue weighted by Gasteiger charge is -2.06. The summed E-state index contributed by atoms with van der Waals surface area (Å²) in [6.45, 7) is 0.673. The van der Waals surface area contributed by atoms with E-state index >= 15 is 0 Å². The Kier molecular flexibility index (Phi) is 8.26. The molecule has 3 nitrogen and oxygen atoms in total. The highest BCUT2D eigenvalue weighted by atomic mass is 79.9. The Labute approximate surface area is 157 Å². The van der Waals surface area contributed by atoms with E-state index in [0.29, 0.717) is 12.2 Å². The zero-order valence-electron chi connectivity index (χ0n) is 14.4. The highest BCUT2D eigenvalue weighted by Gasteiger charge is 2.04. The Morgan fingerprint density at radius 2 is 1.84 bits per heavy atom. The number of alkyl halides is 1. The Bertz CT molecular complexity index is 693. The standard InChI is InChI=1S/C21H23BrO3/c1-24-19-11-8-17(9-12-19)10-13-21(23)18-6-5-7-20(16-18)25-15-4-2-3-14-22/h5-13,16H,2-4,14-15H2,1H3. The number of carbonyl (C=O) groups excluding carboxylic acids is 1. The molecule has 0 unspecified atom stereocenters. The summed E-state index contributed by atoms with van der Waals surface area (Å²) in [5.41, 5.74) is 1.58. The largest absolute Gasteiger partial charge is 0.497 e. The van der Waals surface area contributed by atoms with Crippen LogP contribution in [0.25, 0.3) is 6.08 Å². The molecule has 0 atom stereocenters. The molecular weight excluding hydrogens is 380 g/mol. The van der Waals surface area contributed by atoms with Gasteiger partial charge in [0.25, 0.3) is 0 Å². The van der Waals surface area contributed by atoms with E-state index < -0.39 is 0 Å². The maximum absolute atomic E-state index is 12.3. The number of ether oxygens (including phenoxy) is 2. The predicted octanol–water partition coefficient (Wildman–Crippen LogP) is 5.54. The number of hydrogen-bond acceptors (Lipinski definition) is 3. The highest BCUT2D eigenvalue weighted by Crippen LogP contribution is 2.16. The second kappa shape index (κ2) is 10.7. The van der Waals surface area contributed by atoms with Crippen LogP contribution in [0.1, 0.15) is 35.2 Å². The fraction of sp³-hybridized carbons (Fsp3) is 0.286. The molecule has 2 aromatic rings. The van der Waals surface area contributed by atoms with Crippen LogP contribution in [0.5, 0.6) is 11.5 Å². The Morgan fingerprint density at radius 1 is 1.04 bits per heavy atom. The van der Waals surface area contributed by atoms with Crippen LogP contribution in [0, 0.1) is 0 Å². The lowest BCUT2D eigenvalue weighted by molar-refractivity contribution is 0.104. The van der Waals surface area contributed by atoms with Crippen LogP contribution in [-0.4, -0.2) is 24.8 Å². The van der Waals surface area contributed by atoms with Gasteiger partial charge in [-0.3, -0.25) is 4.79 Å². The van der Waals surface area contributed by atoms with Gasteiger partial charge in [-0.15, -0.1) is 0 Å². The summed E-state index contributed by atoms with van der Waals surface area (Å²) < 4.78 is 10.8. The first-order chi connectivity index (χ1) is 12.2. The molecule has 0 aliphatic heterocycles. The molecule has 0 aromatic heterocycles. The monoisotopic (exact) mass is 402 g/mol. The topological polar surface area (TPSA) is 35.5 Å². The third-order valence-electron chi connectivity index (χ3n) is 3.71. The van der Waals surface area contributed by atoms with Crippen molar-refractivity contribution in [1.29, 1.82) is 0 Å². The second-order valence-corrected chi connectivity index (χ2v) is 6.39. The van der Waals surface area contributed by atoms with E-state index in [2.05, 4.69) is 15.9 Å². The quantitative estimate of drug-likeness (QED) is 0.226. The SMILES string of the molecule is COc1ccc(C=CC(=O)c2cccc(OCCCCCBr)c2)cc1. The molecule has 132 valence electrons. The lowest BCUT2D eigenvalue weighted by Crippen LogP contribution is -2.00. The summed E-state index contributed by atoms with van der Waals surface area (Å²) in [7, 11) is 1.63. The maximum atomic E-state index is 12.3. The molecule has 0 N–H and O–H groups in total. The number of rotatable bonds is 10. The predicted molar refractivity (Wildman–Crippen MR) is 106 cm³/mol. The zero-order valence-corrected chi connectivity index (χ0v) is 16.0. The van der Waals surface area contributed by atoms with Crippen molar-refractivity contribution in [3.63, 3.8) is 0 Å². The second-order valence-electron chi connectivity index (χ2n) is 5.60. The number of hydrogen-bond donors (Lipinski definition) is 0. The summed E-state index contributed by atoms with van der Waals surface area (Å²) in [4.78, 5) is 12.3. The van der Waals surface area contributed by atoms with E-state index in [1.807, 2.05) is 36.4 Å². The summed E-state index contributed by atoms with van der Waals surface area (Å²) in [6.07, 6.45) is 6.68. The smallest absolute Gasteiger partial charge is 0.185 e. The van der Waals surface area contributed by atoms with Gasteiger partial charge in [-0.05, 0) is 55.2 Å². The van der Waals surface area contributed by atoms with Gasteiger partial charge in [-0.25, -0.2) is 0 Å². The minimum atomic E-state index is -0.0412. The van der Waals surface area contributed by atoms with Crippen LogP contribution in [0.2, 0.25) is 0 Å². The number of benzene rings is 2. The van der Waals surface area contributed by atoms with Crippen molar-refractivity contribution in [1.82, 2.24) is 0 Å². The van der Waals surface area contributed by atoms with Crippen molar-refractivity contribution >= 4 is 27.8 Å². The molecule has 0 fully saturated rings. The van der Waals surface area contributed by atoms with E-state index in [1.165, 1.54) is 0 Å². The maximum Gasteiger partial charge on any atom is 0.185 e. The van der Waals surface area contributed by atoms with Crippen LogP contribution in [0.4, 0.5) is 0 Å². The van der Waals surface area contributed by atoms with Crippen molar-refractivity contribution in [2.24, 2.45) is 0 Å². The van der Waals surface area contributed by atoms with Gasteiger partial charge < -0.3 is 9.47 Å². The van der Waals surface area contributed by atoms with E-state index in [4.69, 9.17) is 9.47 Å². The van der Waals surface area contributed by atoms with Crippen LogP contribution >= 0.6 is 15.9 Å². The summed E-state index contributed by atoms with van der Waals surface area (Å²) >= 11 is 3.42. The van der Waals surface area contributed by atoms with Gasteiger partial charge >= 0.3 is 0 Å². The van der Waals surface area contributed by atoms with Crippen molar-refractivity contribution in [2.45, 2.75) is 19.3 Å². The molecule has 0 aliphatic rings. The molecule has 0 bridgehead atoms. The van der Waals surface area contributed by atoms with Gasteiger partial charge in [0.15, 0.2) is 5.78 Å². The van der Waals surface area contributed by atoms with Crippen LogP contribution in [0.15, 0.2) is 54.6 Å². The molecule has 0 spiro atoms. The Morgan fingerprint density at radius 3 is 2.56 bits per heavy atom. The normalized spacial score (nSPS) is 10.8. The molecule has 0 heterocycles. The first-order valence-corrected chi connectivity index (χ1v) is 9.50. The number of ketones is 1. The molecule has 4 heteroatoms. The first kappa shape index (κ1) is 19.3. The fourth-order valence-electron chi connectivity index (χ4n) is 2.29. The Balaban J connectivity index is 1.92. The number of methoxy groups -OCH3 is 1. The lowest BCUT2D eigenvalue weighted by atomic mass is 10.1. The molecule has 0 amide bonds. The van der Waals surface area contributed by atoms with Crippen molar-refractivity contribution in [3.8, 4) is 11.5 Å². The number of allylic oxidation sites excluding steroid dienone is 1. The van der Waals surface area contributed by atoms with E-state index in [0.717, 1.165) is 41.7 Å². The van der Waals surface area contributed by atoms with Gasteiger partial charge in [0.1, 0.15) is 11.5 Å². The minimum Gasteiger partial charge on any atom is -0.497 e. The van der Waals surface area contributed by atoms with Crippen molar-refractivity contribution in [3.05, 3.63) is 65.7 Å². The molecular formula is C21H23BrO3. The van der Waals surface area contributed by atoms with Crippen molar-refractivity contribution < 1.29 is 14.3 Å². The molecule has 0 aliphatic carbocycles. The highest BCUT2D eigenvalue weighted by molar-refractivity contribution is 9.09. The Hall–Kier alpha value is -2.07. The van der Waals surface area contributed by atoms with Gasteiger partial charge in [-0.1, -0.05) is 46.3 Å². The average molecular weight is 403 g/mol. The van der Waals surface area contributed by atoms with Gasteiger partial charge in [0, 0.05) is 10.9 Å². The van der Waals surface area contributed by atoms with E-state index in [-0.39, 0.29) is 5.78 Å². The van der Waals surface area contributed by atoms with Crippen molar-refractivity contribution in [2.75, 3.05) is 19.0 Å². The summed E-state index contributed by atoms with van der Waals surface area (Å²) in [6, 6.07) is 14.9. The fourth-order valence-corrected chi connectivity index (χ4v) is 2.68. The molecule has 0 radical (unpaired) electrons. The zero-order chi connectivity index (χ0) is 17.9. The average Bonchev–Trinajstić information content (AvgIpc) is 2.66. The van der Waals surface area contributed by atoms with Crippen LogP contribution in [-0.2, 0) is 0 Å². The summed E-state index contributed by atoms with van der Waals surface area (Å²) in [5, 5.41) is 1.03. The molecule has 25 heavy (non-hydrogen) atoms. The van der Waals surface area contributed by atoms with Gasteiger partial charge in [0.2, 0.25) is 0 Å². The minimum absolute atomic E-state index is 0.0412. The molecule has 2 aromatic carbocycles. The number of carbonyl (C=O) groups is 1. The molecule has 0 saturated heterocycles. The molecule has 2 rings (SSSR count). The number of halogens is 1. The van der Waals surface area contributed by atoms with Gasteiger partial charge in [0.05, 0.1) is 13.7 Å². The van der Waals surface area contributed by atoms with E-state index in [1.54, 1.807) is 31.4 Å². The third kappa shape index (κ3) is 6.75. The summed E-state index contributed by atoms with van der Waals surface area (Å²) in [5.74, 6) is 1.49. The van der Waals surface area contributed by atoms with Crippen LogP contribution in [0.3, 0.4) is 0 Å². The van der Waals surface area contributed by atoms with E-state index in [9.17, 15) is 4.79 Å². The van der Waals surface area contributed by atoms with Crippen LogP contribution < -0.4 is 9.47 Å². The number of unbranched alkanes of at least 4 members (excludes halogenated alkanes) is 2. The molecule has 0 saturated carbocycles. The van der Waals surface area contributed by atoms with Gasteiger partial charge in [-0.2, -0.15) is 0 Å².